The van der Waals surface area contributed by atoms with Crippen LogP contribution in [0.3, 0.4) is 0 Å². The van der Waals surface area contributed by atoms with Crippen molar-refractivity contribution in [3.8, 4) is 0 Å². The third-order valence-electron chi connectivity index (χ3n) is 5.30. The second-order valence-electron chi connectivity index (χ2n) is 7.85. The van der Waals surface area contributed by atoms with Crippen LogP contribution in [-0.2, 0) is 0 Å². The SMILES string of the molecule is CC(C)C(C)N1CC2CCCC2C1C(C)(C)C. The molecule has 4 atom stereocenters. The Balaban J connectivity index is 2.21. The Labute approximate surface area is 108 Å². The first-order valence-electron chi connectivity index (χ1n) is 7.58. The molecule has 1 aliphatic carbocycles. The van der Waals surface area contributed by atoms with Crippen molar-refractivity contribution in [2.75, 3.05) is 6.54 Å². The maximum atomic E-state index is 2.85. The molecule has 100 valence electrons. The molecule has 0 spiro atoms. The number of rotatable bonds is 2. The Bertz CT molecular complexity index is 263. The fraction of sp³-hybridized carbons (Fsp3) is 1.00. The van der Waals surface area contributed by atoms with Gasteiger partial charge in [0.15, 0.2) is 0 Å². The van der Waals surface area contributed by atoms with Gasteiger partial charge in [-0.05, 0) is 42.9 Å². The van der Waals surface area contributed by atoms with E-state index in [0.717, 1.165) is 29.8 Å². The van der Waals surface area contributed by atoms with E-state index in [1.165, 1.54) is 25.8 Å². The van der Waals surface area contributed by atoms with Crippen molar-refractivity contribution >= 4 is 0 Å². The van der Waals surface area contributed by atoms with Crippen LogP contribution in [0.2, 0.25) is 0 Å². The molecule has 1 saturated carbocycles. The number of hydrogen-bond donors (Lipinski definition) is 0. The highest BCUT2D eigenvalue weighted by Crippen LogP contribution is 2.49. The van der Waals surface area contributed by atoms with E-state index in [0.29, 0.717) is 5.41 Å². The van der Waals surface area contributed by atoms with Crippen molar-refractivity contribution in [1.82, 2.24) is 4.90 Å². The summed E-state index contributed by atoms with van der Waals surface area (Å²) in [5.41, 5.74) is 0.437. The number of fused-ring (bicyclic) bond motifs is 1. The molecule has 0 aromatic rings. The molecule has 1 saturated heterocycles. The van der Waals surface area contributed by atoms with Crippen molar-refractivity contribution in [3.05, 3.63) is 0 Å². The molecule has 0 bridgehead atoms. The Hall–Kier alpha value is -0.0400. The lowest BCUT2D eigenvalue weighted by Crippen LogP contribution is -2.48. The predicted molar refractivity (Wildman–Crippen MR) is 75.1 cm³/mol. The first kappa shape index (κ1) is 13.4. The Morgan fingerprint density at radius 3 is 2.24 bits per heavy atom. The van der Waals surface area contributed by atoms with Crippen LogP contribution in [0.1, 0.15) is 60.8 Å². The van der Waals surface area contributed by atoms with Crippen molar-refractivity contribution in [1.29, 1.82) is 0 Å². The smallest absolute Gasteiger partial charge is 0.0178 e. The Morgan fingerprint density at radius 1 is 1.06 bits per heavy atom. The van der Waals surface area contributed by atoms with Gasteiger partial charge in [-0.3, -0.25) is 4.90 Å². The minimum absolute atomic E-state index is 0.437. The Kier molecular flexibility index (Phi) is 3.60. The minimum atomic E-state index is 0.437. The monoisotopic (exact) mass is 237 g/mol. The van der Waals surface area contributed by atoms with E-state index in [2.05, 4.69) is 46.4 Å². The molecule has 2 rings (SSSR count). The summed E-state index contributed by atoms with van der Waals surface area (Å²) in [4.78, 5) is 2.85. The maximum Gasteiger partial charge on any atom is 0.0178 e. The molecule has 0 aromatic carbocycles. The van der Waals surface area contributed by atoms with Gasteiger partial charge in [-0.2, -0.15) is 0 Å². The molecule has 1 aliphatic heterocycles. The summed E-state index contributed by atoms with van der Waals surface area (Å²) >= 11 is 0. The van der Waals surface area contributed by atoms with Gasteiger partial charge in [-0.25, -0.2) is 0 Å². The summed E-state index contributed by atoms with van der Waals surface area (Å²) in [6.07, 6.45) is 4.44. The minimum Gasteiger partial charge on any atom is -0.296 e. The molecular formula is C16H31N. The summed E-state index contributed by atoms with van der Waals surface area (Å²) in [7, 11) is 0. The molecule has 1 nitrogen and oxygen atoms in total. The van der Waals surface area contributed by atoms with Gasteiger partial charge in [0, 0.05) is 18.6 Å². The zero-order valence-electron chi connectivity index (χ0n) is 12.7. The largest absolute Gasteiger partial charge is 0.296 e. The molecule has 1 heteroatoms. The summed E-state index contributed by atoms with van der Waals surface area (Å²) in [5, 5.41) is 0. The van der Waals surface area contributed by atoms with E-state index < -0.39 is 0 Å². The van der Waals surface area contributed by atoms with E-state index in [1.807, 2.05) is 0 Å². The van der Waals surface area contributed by atoms with Crippen molar-refractivity contribution in [2.24, 2.45) is 23.2 Å². The van der Waals surface area contributed by atoms with Crippen LogP contribution in [0.5, 0.6) is 0 Å². The van der Waals surface area contributed by atoms with Crippen LogP contribution in [0.4, 0.5) is 0 Å². The molecule has 0 aromatic heterocycles. The lowest BCUT2D eigenvalue weighted by atomic mass is 9.77. The number of likely N-dealkylation sites (tertiary alicyclic amines) is 1. The molecule has 0 radical (unpaired) electrons. The highest BCUT2D eigenvalue weighted by atomic mass is 15.2. The quantitative estimate of drug-likeness (QED) is 0.696. The van der Waals surface area contributed by atoms with Gasteiger partial charge in [0.25, 0.3) is 0 Å². The molecule has 17 heavy (non-hydrogen) atoms. The van der Waals surface area contributed by atoms with E-state index in [4.69, 9.17) is 0 Å². The number of hydrogen-bond acceptors (Lipinski definition) is 1. The summed E-state index contributed by atoms with van der Waals surface area (Å²) in [6, 6.07) is 1.55. The van der Waals surface area contributed by atoms with Crippen LogP contribution in [0.15, 0.2) is 0 Å². The van der Waals surface area contributed by atoms with E-state index in [9.17, 15) is 0 Å². The van der Waals surface area contributed by atoms with Gasteiger partial charge in [0.1, 0.15) is 0 Å². The predicted octanol–water partition coefficient (Wildman–Crippen LogP) is 4.18. The fourth-order valence-electron chi connectivity index (χ4n) is 4.28. The highest BCUT2D eigenvalue weighted by molar-refractivity contribution is 5.02. The average Bonchev–Trinajstić information content (AvgIpc) is 2.71. The van der Waals surface area contributed by atoms with Crippen LogP contribution < -0.4 is 0 Å². The summed E-state index contributed by atoms with van der Waals surface area (Å²) in [6.45, 7) is 15.9. The Morgan fingerprint density at radius 2 is 1.71 bits per heavy atom. The molecule has 4 unspecified atom stereocenters. The molecule has 1 heterocycles. The zero-order chi connectivity index (χ0) is 12.8. The molecular weight excluding hydrogens is 206 g/mol. The van der Waals surface area contributed by atoms with Crippen molar-refractivity contribution < 1.29 is 0 Å². The zero-order valence-corrected chi connectivity index (χ0v) is 12.7. The van der Waals surface area contributed by atoms with E-state index in [1.54, 1.807) is 0 Å². The second kappa shape index (κ2) is 4.57. The highest BCUT2D eigenvalue weighted by Gasteiger charge is 2.49. The van der Waals surface area contributed by atoms with Gasteiger partial charge in [-0.1, -0.05) is 41.0 Å². The van der Waals surface area contributed by atoms with Gasteiger partial charge in [-0.15, -0.1) is 0 Å². The van der Waals surface area contributed by atoms with Crippen LogP contribution in [-0.4, -0.2) is 23.5 Å². The molecule has 0 amide bonds. The van der Waals surface area contributed by atoms with Gasteiger partial charge in [0.05, 0.1) is 0 Å². The third-order valence-corrected chi connectivity index (χ3v) is 5.30. The normalized spacial score (nSPS) is 36.5. The number of nitrogens with zero attached hydrogens (tertiary/aromatic N) is 1. The first-order chi connectivity index (χ1) is 7.82. The van der Waals surface area contributed by atoms with Gasteiger partial charge in [0.2, 0.25) is 0 Å². The van der Waals surface area contributed by atoms with Crippen LogP contribution in [0.25, 0.3) is 0 Å². The van der Waals surface area contributed by atoms with Crippen molar-refractivity contribution in [3.63, 3.8) is 0 Å². The lowest BCUT2D eigenvalue weighted by molar-refractivity contribution is 0.0602. The van der Waals surface area contributed by atoms with Crippen LogP contribution >= 0.6 is 0 Å². The van der Waals surface area contributed by atoms with Crippen molar-refractivity contribution in [2.45, 2.75) is 72.9 Å². The van der Waals surface area contributed by atoms with Crippen LogP contribution in [0, 0.1) is 23.2 Å². The summed E-state index contributed by atoms with van der Waals surface area (Å²) in [5.74, 6) is 2.76. The lowest BCUT2D eigenvalue weighted by Gasteiger charge is -2.42. The van der Waals surface area contributed by atoms with E-state index >= 15 is 0 Å². The standard InChI is InChI=1S/C16H31N/c1-11(2)12(3)17-10-13-8-7-9-14(13)15(17)16(4,5)6/h11-15H,7-10H2,1-6H3. The average molecular weight is 237 g/mol. The molecule has 0 N–H and O–H groups in total. The topological polar surface area (TPSA) is 3.24 Å². The summed E-state index contributed by atoms with van der Waals surface area (Å²) < 4.78 is 0. The van der Waals surface area contributed by atoms with Gasteiger partial charge < -0.3 is 0 Å². The van der Waals surface area contributed by atoms with E-state index in [-0.39, 0.29) is 0 Å². The molecule has 2 aliphatic rings. The fourth-order valence-corrected chi connectivity index (χ4v) is 4.28. The maximum absolute atomic E-state index is 2.85. The third kappa shape index (κ3) is 2.41. The first-order valence-corrected chi connectivity index (χ1v) is 7.58. The van der Waals surface area contributed by atoms with Gasteiger partial charge >= 0.3 is 0 Å². The second-order valence-corrected chi connectivity index (χ2v) is 7.85. The molecule has 2 fully saturated rings.